The molecule has 0 aromatic carbocycles. The Labute approximate surface area is 109 Å². The van der Waals surface area contributed by atoms with E-state index in [4.69, 9.17) is 20.3 Å². The van der Waals surface area contributed by atoms with E-state index >= 15 is 0 Å². The van der Waals surface area contributed by atoms with Crippen molar-refractivity contribution >= 4 is 17.1 Å². The van der Waals surface area contributed by atoms with E-state index in [0.717, 1.165) is 12.8 Å². The lowest BCUT2D eigenvalue weighted by atomic mass is 10.2. The van der Waals surface area contributed by atoms with E-state index in [-0.39, 0.29) is 24.9 Å². The number of fused-ring (bicyclic) bond motifs is 1. The molecule has 0 saturated carbocycles. The van der Waals surface area contributed by atoms with Gasteiger partial charge in [0, 0.05) is 0 Å². The van der Waals surface area contributed by atoms with Crippen LogP contribution in [0.25, 0.3) is 11.2 Å². The number of aliphatic hydroxyl groups is 1. The zero-order valence-corrected chi connectivity index (χ0v) is 10.5. The van der Waals surface area contributed by atoms with Crippen LogP contribution in [0.15, 0.2) is 6.33 Å². The van der Waals surface area contributed by atoms with Crippen molar-refractivity contribution in [1.29, 1.82) is 0 Å². The van der Waals surface area contributed by atoms with Crippen molar-refractivity contribution < 1.29 is 14.6 Å². The third-order valence-electron chi connectivity index (χ3n) is 3.20. The minimum atomic E-state index is -0.193. The molecule has 1 aliphatic rings. The third kappa shape index (κ3) is 1.98. The second-order valence-electron chi connectivity index (χ2n) is 4.39. The summed E-state index contributed by atoms with van der Waals surface area (Å²) in [6.07, 6.45) is 2.90. The van der Waals surface area contributed by atoms with Crippen LogP contribution in [0.2, 0.25) is 0 Å². The van der Waals surface area contributed by atoms with Gasteiger partial charge in [-0.2, -0.15) is 9.97 Å². The van der Waals surface area contributed by atoms with E-state index in [9.17, 15) is 0 Å². The molecule has 2 aromatic heterocycles. The molecule has 3 N–H and O–H groups in total. The quantitative estimate of drug-likeness (QED) is 0.809. The normalized spacial score (nSPS) is 23.1. The standard InChI is InChI=1S/C11H15N5O3/c1-18-10-8-9(14-11(12)15-10)16(5-13-8)7-3-2-6(4-17)19-7/h5-7,17H,2-4H2,1H3,(H2,12,14,15)/t6-,7+/m0/s1. The molecule has 102 valence electrons. The first-order chi connectivity index (χ1) is 9.22. The van der Waals surface area contributed by atoms with Crippen molar-refractivity contribution in [3.05, 3.63) is 6.33 Å². The van der Waals surface area contributed by atoms with Gasteiger partial charge >= 0.3 is 0 Å². The summed E-state index contributed by atoms with van der Waals surface area (Å²) in [5.74, 6) is 0.473. The van der Waals surface area contributed by atoms with Crippen LogP contribution in [0.1, 0.15) is 19.1 Å². The Hall–Kier alpha value is -1.93. The highest BCUT2D eigenvalue weighted by Gasteiger charge is 2.28. The SMILES string of the molecule is COc1nc(N)nc2c1ncn2[C@H]1CC[C@@H](CO)O1. The Balaban J connectivity index is 2.03. The lowest BCUT2D eigenvalue weighted by Gasteiger charge is -2.14. The summed E-state index contributed by atoms with van der Waals surface area (Å²) in [5.41, 5.74) is 6.78. The summed E-state index contributed by atoms with van der Waals surface area (Å²) in [6, 6.07) is 0. The topological polar surface area (TPSA) is 108 Å². The Kier molecular flexibility index (Phi) is 2.96. The van der Waals surface area contributed by atoms with Gasteiger partial charge in [0.05, 0.1) is 26.1 Å². The first-order valence-electron chi connectivity index (χ1n) is 6.03. The molecule has 2 atom stereocenters. The fourth-order valence-corrected chi connectivity index (χ4v) is 2.29. The summed E-state index contributed by atoms with van der Waals surface area (Å²) in [7, 11) is 1.51. The minimum absolute atomic E-state index is 0.0174. The first kappa shape index (κ1) is 12.1. The lowest BCUT2D eigenvalue weighted by Crippen LogP contribution is -2.14. The van der Waals surface area contributed by atoms with Crippen LogP contribution in [0.4, 0.5) is 5.95 Å². The largest absolute Gasteiger partial charge is 0.479 e. The Bertz CT molecular complexity index is 599. The van der Waals surface area contributed by atoms with Gasteiger partial charge in [-0.15, -0.1) is 0 Å². The molecule has 3 heterocycles. The first-order valence-corrected chi connectivity index (χ1v) is 6.03. The van der Waals surface area contributed by atoms with Gasteiger partial charge in [-0.25, -0.2) is 4.98 Å². The van der Waals surface area contributed by atoms with E-state index in [2.05, 4.69) is 15.0 Å². The molecule has 1 fully saturated rings. The second-order valence-corrected chi connectivity index (χ2v) is 4.39. The summed E-state index contributed by atoms with van der Waals surface area (Å²) in [6.45, 7) is 0.0174. The number of methoxy groups -OCH3 is 1. The number of anilines is 1. The average Bonchev–Trinajstić information content (AvgIpc) is 3.03. The van der Waals surface area contributed by atoms with Gasteiger partial charge in [-0.3, -0.25) is 4.57 Å². The van der Waals surface area contributed by atoms with Gasteiger partial charge in [-0.1, -0.05) is 0 Å². The number of nitrogens with zero attached hydrogens (tertiary/aromatic N) is 4. The molecule has 8 heteroatoms. The van der Waals surface area contributed by atoms with Crippen LogP contribution in [0.3, 0.4) is 0 Å². The van der Waals surface area contributed by atoms with Gasteiger partial charge in [0.2, 0.25) is 11.8 Å². The summed E-state index contributed by atoms with van der Waals surface area (Å²) < 4.78 is 12.6. The average molecular weight is 265 g/mol. The number of nitrogens with two attached hydrogens (primary N) is 1. The van der Waals surface area contributed by atoms with Crippen molar-refractivity contribution in [3.8, 4) is 5.88 Å². The maximum atomic E-state index is 9.11. The molecule has 0 aliphatic carbocycles. The molecule has 3 rings (SSSR count). The molecule has 0 spiro atoms. The van der Waals surface area contributed by atoms with Crippen LogP contribution in [0.5, 0.6) is 5.88 Å². The van der Waals surface area contributed by atoms with Crippen molar-refractivity contribution in [3.63, 3.8) is 0 Å². The summed E-state index contributed by atoms with van der Waals surface area (Å²) in [5, 5.41) is 9.11. The molecule has 0 unspecified atom stereocenters. The number of ether oxygens (including phenoxy) is 2. The molecular weight excluding hydrogens is 250 g/mol. The number of hydrogen-bond donors (Lipinski definition) is 2. The highest BCUT2D eigenvalue weighted by atomic mass is 16.5. The summed E-state index contributed by atoms with van der Waals surface area (Å²) >= 11 is 0. The number of rotatable bonds is 3. The lowest BCUT2D eigenvalue weighted by molar-refractivity contribution is -0.0207. The van der Waals surface area contributed by atoms with E-state index in [0.29, 0.717) is 17.0 Å². The predicted octanol–water partition coefficient (Wildman–Crippen LogP) is 0.0870. The fourth-order valence-electron chi connectivity index (χ4n) is 2.29. The fraction of sp³-hybridized carbons (Fsp3) is 0.545. The van der Waals surface area contributed by atoms with Crippen LogP contribution in [-0.4, -0.2) is 44.4 Å². The zero-order chi connectivity index (χ0) is 13.4. The number of nitrogen functional groups attached to an aromatic ring is 1. The number of imidazole rings is 1. The second kappa shape index (κ2) is 4.63. The van der Waals surface area contributed by atoms with Crippen LogP contribution < -0.4 is 10.5 Å². The van der Waals surface area contributed by atoms with Crippen molar-refractivity contribution in [1.82, 2.24) is 19.5 Å². The molecule has 0 bridgehead atoms. The molecule has 1 aliphatic heterocycles. The minimum Gasteiger partial charge on any atom is -0.479 e. The van der Waals surface area contributed by atoms with Crippen molar-refractivity contribution in [2.75, 3.05) is 19.5 Å². The highest BCUT2D eigenvalue weighted by Crippen LogP contribution is 2.31. The van der Waals surface area contributed by atoms with Crippen molar-refractivity contribution in [2.45, 2.75) is 25.2 Å². The van der Waals surface area contributed by atoms with Crippen LogP contribution in [-0.2, 0) is 4.74 Å². The summed E-state index contributed by atoms with van der Waals surface area (Å²) in [4.78, 5) is 12.4. The molecular formula is C11H15N5O3. The van der Waals surface area contributed by atoms with E-state index in [1.165, 1.54) is 7.11 Å². The number of aromatic nitrogens is 4. The number of hydrogen-bond acceptors (Lipinski definition) is 7. The Morgan fingerprint density at radius 3 is 3.05 bits per heavy atom. The maximum Gasteiger partial charge on any atom is 0.246 e. The maximum absolute atomic E-state index is 9.11. The predicted molar refractivity (Wildman–Crippen MR) is 66.5 cm³/mol. The van der Waals surface area contributed by atoms with Gasteiger partial charge < -0.3 is 20.3 Å². The molecule has 1 saturated heterocycles. The monoisotopic (exact) mass is 265 g/mol. The Morgan fingerprint density at radius 1 is 1.53 bits per heavy atom. The van der Waals surface area contributed by atoms with Gasteiger partial charge in [0.1, 0.15) is 6.23 Å². The molecule has 0 amide bonds. The van der Waals surface area contributed by atoms with E-state index in [1.807, 2.05) is 0 Å². The van der Waals surface area contributed by atoms with E-state index < -0.39 is 0 Å². The van der Waals surface area contributed by atoms with Crippen LogP contribution in [0, 0.1) is 0 Å². The van der Waals surface area contributed by atoms with Gasteiger partial charge in [-0.05, 0) is 12.8 Å². The smallest absolute Gasteiger partial charge is 0.246 e. The number of aliphatic hydroxyl groups excluding tert-OH is 1. The van der Waals surface area contributed by atoms with E-state index in [1.54, 1.807) is 10.9 Å². The van der Waals surface area contributed by atoms with Gasteiger partial charge in [0.25, 0.3) is 0 Å². The van der Waals surface area contributed by atoms with Crippen LogP contribution >= 0.6 is 0 Å². The molecule has 19 heavy (non-hydrogen) atoms. The molecule has 0 radical (unpaired) electrons. The van der Waals surface area contributed by atoms with Gasteiger partial charge in [0.15, 0.2) is 11.2 Å². The Morgan fingerprint density at radius 2 is 2.37 bits per heavy atom. The van der Waals surface area contributed by atoms with Crippen molar-refractivity contribution in [2.24, 2.45) is 0 Å². The zero-order valence-electron chi connectivity index (χ0n) is 10.5. The third-order valence-corrected chi connectivity index (χ3v) is 3.20. The molecule has 2 aromatic rings. The molecule has 8 nitrogen and oxygen atoms in total. The highest BCUT2D eigenvalue weighted by molar-refractivity contribution is 5.77.